The first-order valence-electron chi connectivity index (χ1n) is 12.2. The van der Waals surface area contributed by atoms with Gasteiger partial charge in [0.05, 0.1) is 0 Å². The third kappa shape index (κ3) is 4.71. The molecule has 1 heterocycles. The maximum absolute atomic E-state index is 12.4. The van der Waals surface area contributed by atoms with E-state index in [4.69, 9.17) is 0 Å². The van der Waals surface area contributed by atoms with Crippen LogP contribution in [0.4, 0.5) is 5.69 Å². The van der Waals surface area contributed by atoms with Crippen LogP contribution in [0.1, 0.15) is 27.0 Å². The van der Waals surface area contributed by atoms with Crippen LogP contribution in [-0.4, -0.2) is 19.2 Å². The number of carbonyl (C=O) groups excluding carboxylic acids is 1. The van der Waals surface area contributed by atoms with Gasteiger partial charge in [-0.15, -0.1) is 0 Å². The van der Waals surface area contributed by atoms with E-state index in [0.717, 1.165) is 18.5 Å². The molecule has 178 valence electrons. The quantitative estimate of drug-likeness (QED) is 0.259. The van der Waals surface area contributed by atoms with E-state index in [9.17, 15) is 4.79 Å². The van der Waals surface area contributed by atoms with Crippen molar-refractivity contribution in [2.24, 2.45) is 5.10 Å². The number of hydrogen-bond donors (Lipinski definition) is 1. The summed E-state index contributed by atoms with van der Waals surface area (Å²) in [6.07, 6.45) is 5.43. The van der Waals surface area contributed by atoms with Crippen molar-refractivity contribution in [3.8, 4) is 0 Å². The molecule has 4 aromatic carbocycles. The minimum Gasteiger partial charge on any atom is -0.347 e. The summed E-state index contributed by atoms with van der Waals surface area (Å²) in [4.78, 5) is 14.7. The number of carbonyl (C=O) groups is 1. The molecule has 1 amide bonds. The number of likely N-dealkylation sites (N-methyl/N-ethyl adjacent to an activating group) is 1. The number of benzene rings is 4. The smallest absolute Gasteiger partial charge is 0.271 e. The zero-order chi connectivity index (χ0) is 24.8. The monoisotopic (exact) mass is 471 g/mol. The van der Waals surface area contributed by atoms with Gasteiger partial charge in [0.25, 0.3) is 5.91 Å². The Kier molecular flexibility index (Phi) is 6.76. The lowest BCUT2D eigenvalue weighted by Gasteiger charge is -2.33. The first-order chi connectivity index (χ1) is 17.7. The van der Waals surface area contributed by atoms with E-state index < -0.39 is 0 Å². The molecule has 4 aromatic rings. The van der Waals surface area contributed by atoms with Crippen molar-refractivity contribution in [2.45, 2.75) is 18.3 Å². The maximum atomic E-state index is 12.4. The van der Waals surface area contributed by atoms with E-state index in [1.165, 1.54) is 22.4 Å². The lowest BCUT2D eigenvalue weighted by molar-refractivity contribution is 0.0955. The molecule has 0 radical (unpaired) electrons. The minimum atomic E-state index is -0.288. The fourth-order valence-corrected chi connectivity index (χ4v) is 5.21. The van der Waals surface area contributed by atoms with E-state index in [0.29, 0.717) is 5.56 Å². The minimum absolute atomic E-state index is 0.229. The van der Waals surface area contributed by atoms with E-state index in [-0.39, 0.29) is 11.3 Å². The van der Waals surface area contributed by atoms with Crippen LogP contribution >= 0.6 is 0 Å². The highest BCUT2D eigenvalue weighted by Gasteiger charge is 2.45. The van der Waals surface area contributed by atoms with Crippen molar-refractivity contribution in [2.75, 3.05) is 11.9 Å². The first-order valence-corrected chi connectivity index (χ1v) is 12.2. The van der Waals surface area contributed by atoms with Gasteiger partial charge in [0, 0.05) is 35.6 Å². The number of para-hydroxylation sites is 1. The molecule has 1 aliphatic heterocycles. The van der Waals surface area contributed by atoms with Gasteiger partial charge in [0.15, 0.2) is 0 Å². The molecule has 5 rings (SSSR count). The lowest BCUT2D eigenvalue weighted by Crippen LogP contribution is -2.34. The van der Waals surface area contributed by atoms with Crippen molar-refractivity contribution in [1.29, 1.82) is 0 Å². The molecule has 1 aliphatic rings. The van der Waals surface area contributed by atoms with Crippen molar-refractivity contribution < 1.29 is 4.79 Å². The van der Waals surface area contributed by atoms with Crippen molar-refractivity contribution >= 4 is 17.8 Å². The molecule has 4 nitrogen and oxygen atoms in total. The van der Waals surface area contributed by atoms with Gasteiger partial charge in [-0.1, -0.05) is 97.1 Å². The highest BCUT2D eigenvalue weighted by molar-refractivity contribution is 5.94. The summed E-state index contributed by atoms with van der Waals surface area (Å²) >= 11 is 0. The Balaban J connectivity index is 1.55. The predicted octanol–water partition coefficient (Wildman–Crippen LogP) is 6.16. The highest BCUT2D eigenvalue weighted by Crippen LogP contribution is 2.50. The van der Waals surface area contributed by atoms with Gasteiger partial charge in [-0.3, -0.25) is 4.79 Å². The van der Waals surface area contributed by atoms with Crippen LogP contribution in [0.3, 0.4) is 0 Å². The summed E-state index contributed by atoms with van der Waals surface area (Å²) in [6, 6.07) is 39.0. The summed E-state index contributed by atoms with van der Waals surface area (Å²) in [6.45, 7) is 0. The Bertz CT molecular complexity index is 1340. The Morgan fingerprint density at radius 3 is 1.92 bits per heavy atom. The molecule has 36 heavy (non-hydrogen) atoms. The topological polar surface area (TPSA) is 44.7 Å². The van der Waals surface area contributed by atoms with Crippen LogP contribution < -0.4 is 10.3 Å². The largest absolute Gasteiger partial charge is 0.347 e. The van der Waals surface area contributed by atoms with E-state index in [2.05, 4.69) is 107 Å². The average molecular weight is 472 g/mol. The molecule has 0 saturated carbocycles. The number of hydrazone groups is 1. The third-order valence-electron chi connectivity index (χ3n) is 6.84. The van der Waals surface area contributed by atoms with Crippen LogP contribution in [0.25, 0.3) is 0 Å². The number of nitrogens with zero attached hydrogens (tertiary/aromatic N) is 2. The number of allylic oxidation sites excluding steroid dienone is 2. The van der Waals surface area contributed by atoms with Gasteiger partial charge in [-0.2, -0.15) is 5.10 Å². The van der Waals surface area contributed by atoms with Gasteiger partial charge in [-0.25, -0.2) is 5.43 Å². The van der Waals surface area contributed by atoms with Gasteiger partial charge >= 0.3 is 0 Å². The Morgan fingerprint density at radius 1 is 0.778 bits per heavy atom. The number of hydrogen-bond acceptors (Lipinski definition) is 3. The second kappa shape index (κ2) is 10.4. The van der Waals surface area contributed by atoms with Crippen molar-refractivity contribution in [3.05, 3.63) is 149 Å². The average Bonchev–Trinajstić information content (AvgIpc) is 3.15. The number of amides is 1. The summed E-state index contributed by atoms with van der Waals surface area (Å²) < 4.78 is 0. The molecular formula is C32H29N3O. The van der Waals surface area contributed by atoms with Gasteiger partial charge in [-0.05, 0) is 53.8 Å². The summed E-state index contributed by atoms with van der Waals surface area (Å²) in [5.74, 6) is -0.229. The second-order valence-electron chi connectivity index (χ2n) is 9.12. The van der Waals surface area contributed by atoms with Crippen molar-refractivity contribution in [1.82, 2.24) is 5.43 Å². The highest BCUT2D eigenvalue weighted by atomic mass is 16.2. The van der Waals surface area contributed by atoms with Crippen LogP contribution in [0, 0.1) is 0 Å². The normalized spacial score (nSPS) is 15.2. The molecule has 4 heteroatoms. The van der Waals surface area contributed by atoms with E-state index in [1.807, 2.05) is 24.3 Å². The SMILES string of the molecule is CN1/C(=C\C=N\NC(=O)c2ccccc2)C(Cc2ccccc2)(Cc2ccccc2)c2ccccc21. The van der Waals surface area contributed by atoms with Crippen molar-refractivity contribution in [3.63, 3.8) is 0 Å². The molecule has 0 saturated heterocycles. The molecule has 0 aromatic heterocycles. The van der Waals surface area contributed by atoms with Gasteiger partial charge in [0.1, 0.15) is 0 Å². The van der Waals surface area contributed by atoms with E-state index >= 15 is 0 Å². The summed E-state index contributed by atoms with van der Waals surface area (Å²) in [5, 5.41) is 4.26. The Morgan fingerprint density at radius 2 is 1.31 bits per heavy atom. The number of fused-ring (bicyclic) bond motifs is 1. The van der Waals surface area contributed by atoms with Crippen LogP contribution in [-0.2, 0) is 18.3 Å². The molecule has 1 N–H and O–H groups in total. The molecule has 0 atom stereocenters. The predicted molar refractivity (Wildman–Crippen MR) is 147 cm³/mol. The standard InChI is InChI=1S/C32H29N3O/c1-35-29-20-12-11-19-28(29)32(23-25-13-5-2-6-14-25,24-26-15-7-3-8-16-26)30(35)21-22-33-34-31(36)27-17-9-4-10-18-27/h2-22H,23-24H2,1H3,(H,34,36)/b30-21-,33-22+. The molecular weight excluding hydrogens is 442 g/mol. The third-order valence-corrected chi connectivity index (χ3v) is 6.84. The second-order valence-corrected chi connectivity index (χ2v) is 9.12. The summed E-state index contributed by atoms with van der Waals surface area (Å²) in [7, 11) is 2.11. The maximum Gasteiger partial charge on any atom is 0.271 e. The van der Waals surface area contributed by atoms with Gasteiger partial charge < -0.3 is 4.90 Å². The Labute approximate surface area is 212 Å². The fraction of sp³-hybridized carbons (Fsp3) is 0.125. The molecule has 0 aliphatic carbocycles. The number of anilines is 1. The number of nitrogens with one attached hydrogen (secondary N) is 1. The fourth-order valence-electron chi connectivity index (χ4n) is 5.21. The molecule has 0 unspecified atom stereocenters. The lowest BCUT2D eigenvalue weighted by atomic mass is 9.70. The number of rotatable bonds is 7. The molecule has 0 spiro atoms. The van der Waals surface area contributed by atoms with E-state index in [1.54, 1.807) is 18.3 Å². The summed E-state index contributed by atoms with van der Waals surface area (Å²) in [5.41, 5.74) is 9.14. The Hall–Kier alpha value is -4.44. The first kappa shape index (κ1) is 23.3. The molecule has 0 fully saturated rings. The van der Waals surface area contributed by atoms with Crippen LogP contribution in [0.15, 0.2) is 132 Å². The zero-order valence-electron chi connectivity index (χ0n) is 20.3. The zero-order valence-corrected chi connectivity index (χ0v) is 20.3. The van der Waals surface area contributed by atoms with Crippen LogP contribution in [0.2, 0.25) is 0 Å². The molecule has 0 bridgehead atoms. The van der Waals surface area contributed by atoms with Gasteiger partial charge in [0.2, 0.25) is 0 Å². The van der Waals surface area contributed by atoms with Crippen LogP contribution in [0.5, 0.6) is 0 Å².